The van der Waals surface area contributed by atoms with E-state index in [0.717, 1.165) is 70.7 Å². The molecule has 0 saturated carbocycles. The second kappa shape index (κ2) is 17.4. The highest BCUT2D eigenvalue weighted by Crippen LogP contribution is 2.17. The zero-order valence-electron chi connectivity index (χ0n) is 20.5. The first-order valence-electron chi connectivity index (χ1n) is 12.5. The van der Waals surface area contributed by atoms with Crippen molar-refractivity contribution in [2.24, 2.45) is 11.8 Å². The highest BCUT2D eigenvalue weighted by molar-refractivity contribution is 5.78. The Hall–Kier alpha value is -1.18. The molecule has 2 fully saturated rings. The Balaban J connectivity index is 0.00000311. The van der Waals surface area contributed by atoms with Crippen molar-refractivity contribution in [1.29, 1.82) is 0 Å². The number of nitrogens with zero attached hydrogens (tertiary/aromatic N) is 2. The van der Waals surface area contributed by atoms with Gasteiger partial charge < -0.3 is 24.6 Å². The maximum absolute atomic E-state index is 12.1. The molecule has 7 nitrogen and oxygen atoms in total. The second-order valence-electron chi connectivity index (χ2n) is 8.39. The Kier molecular flexibility index (Phi) is 15.6. The summed E-state index contributed by atoms with van der Waals surface area (Å²) < 4.78 is 11.1. The van der Waals surface area contributed by atoms with Crippen LogP contribution in [0.15, 0.2) is 0 Å². The lowest BCUT2D eigenvalue weighted by molar-refractivity contribution is -0.133. The number of carbonyl (C=O) groups is 2. The predicted molar refractivity (Wildman–Crippen MR) is 127 cm³/mol. The molecular formula is C24H49N3O4. The number of carbonyl (C=O) groups excluding carboxylic acids is 2. The molecule has 2 amide bonds. The van der Waals surface area contributed by atoms with E-state index in [4.69, 9.17) is 9.47 Å². The quantitative estimate of drug-likeness (QED) is 0.469. The average molecular weight is 444 g/mol. The van der Waals surface area contributed by atoms with E-state index >= 15 is 0 Å². The third-order valence-corrected chi connectivity index (χ3v) is 6.14. The van der Waals surface area contributed by atoms with Crippen molar-refractivity contribution in [2.75, 3.05) is 65.7 Å². The van der Waals surface area contributed by atoms with Gasteiger partial charge in [0.25, 0.3) is 0 Å². The summed E-state index contributed by atoms with van der Waals surface area (Å²) in [6.07, 6.45) is 5.48. The number of hydrogen-bond acceptors (Lipinski definition) is 5. The summed E-state index contributed by atoms with van der Waals surface area (Å²) >= 11 is 0. The summed E-state index contributed by atoms with van der Waals surface area (Å²) in [6, 6.07) is 0. The maximum atomic E-state index is 12.1. The number of hydrogen-bond donors (Lipinski definition) is 1. The first-order valence-corrected chi connectivity index (χ1v) is 12.5. The van der Waals surface area contributed by atoms with Crippen molar-refractivity contribution < 1.29 is 20.5 Å². The Bertz CT molecular complexity index is 480. The van der Waals surface area contributed by atoms with Gasteiger partial charge in [0.1, 0.15) is 0 Å². The number of amides is 2. The molecule has 2 aliphatic heterocycles. The predicted octanol–water partition coefficient (Wildman–Crippen LogP) is 3.18. The molecule has 2 rings (SSSR count). The number of ether oxygens (including phenoxy) is 2. The minimum atomic E-state index is 0. The molecule has 0 aliphatic carbocycles. The van der Waals surface area contributed by atoms with Crippen molar-refractivity contribution >= 4 is 11.8 Å². The van der Waals surface area contributed by atoms with Crippen LogP contribution in [0.5, 0.6) is 0 Å². The molecule has 0 aromatic carbocycles. The Morgan fingerprint density at radius 2 is 1.55 bits per heavy atom. The minimum absolute atomic E-state index is 0. The number of nitrogens with one attached hydrogen (secondary N) is 1. The monoisotopic (exact) mass is 443 g/mol. The highest BCUT2D eigenvalue weighted by Gasteiger charge is 2.23. The van der Waals surface area contributed by atoms with Crippen LogP contribution >= 0.6 is 0 Å². The standard InChI is InChI=1S/C22H41N3O4.C2H6.H2/c1-3-24-11-8-20(9-12-24)22(27)23-10-16-29-18-17-28-15-4-5-21(26)25-13-6-19(2)7-14-25;1-2;/h19-20H,3-18H2,1-2H3,(H,23,27);1-2H3;1H. The fourth-order valence-electron chi connectivity index (χ4n) is 3.97. The maximum Gasteiger partial charge on any atom is 0.223 e. The summed E-state index contributed by atoms with van der Waals surface area (Å²) in [5.74, 6) is 1.31. The summed E-state index contributed by atoms with van der Waals surface area (Å²) in [6.45, 7) is 16.0. The number of piperidine rings is 2. The summed E-state index contributed by atoms with van der Waals surface area (Å²) in [7, 11) is 0. The number of likely N-dealkylation sites (tertiary alicyclic amines) is 2. The summed E-state index contributed by atoms with van der Waals surface area (Å²) in [4.78, 5) is 28.6. The molecule has 31 heavy (non-hydrogen) atoms. The van der Waals surface area contributed by atoms with E-state index in [1.165, 1.54) is 0 Å². The van der Waals surface area contributed by atoms with Crippen LogP contribution < -0.4 is 5.32 Å². The Labute approximate surface area is 191 Å². The Morgan fingerprint density at radius 3 is 2.16 bits per heavy atom. The zero-order valence-corrected chi connectivity index (χ0v) is 20.5. The SMILES string of the molecule is CC.CCN1CCC(C(=O)NCCOCCOCCCC(=O)N2CCC(C)CC2)CC1.[HH]. The highest BCUT2D eigenvalue weighted by atomic mass is 16.5. The van der Waals surface area contributed by atoms with Gasteiger partial charge in [-0.05, 0) is 57.7 Å². The lowest BCUT2D eigenvalue weighted by Crippen LogP contribution is -2.41. The molecule has 1 N–H and O–H groups in total. The molecule has 2 aliphatic rings. The third-order valence-electron chi connectivity index (χ3n) is 6.14. The van der Waals surface area contributed by atoms with Gasteiger partial charge in [-0.2, -0.15) is 0 Å². The molecule has 0 atom stereocenters. The molecule has 0 radical (unpaired) electrons. The van der Waals surface area contributed by atoms with Gasteiger partial charge in [-0.1, -0.05) is 27.7 Å². The molecule has 2 heterocycles. The molecular weight excluding hydrogens is 394 g/mol. The van der Waals surface area contributed by atoms with Crippen molar-refractivity contribution in [2.45, 2.75) is 66.2 Å². The van der Waals surface area contributed by atoms with Crippen LogP contribution in [0, 0.1) is 11.8 Å². The smallest absolute Gasteiger partial charge is 0.223 e. The van der Waals surface area contributed by atoms with Gasteiger partial charge in [-0.3, -0.25) is 9.59 Å². The lowest BCUT2D eigenvalue weighted by atomic mass is 9.96. The van der Waals surface area contributed by atoms with Gasteiger partial charge in [0.2, 0.25) is 11.8 Å². The van der Waals surface area contributed by atoms with Gasteiger partial charge in [0.15, 0.2) is 0 Å². The van der Waals surface area contributed by atoms with Crippen LogP contribution in [0.2, 0.25) is 0 Å². The largest absolute Gasteiger partial charge is 0.379 e. The summed E-state index contributed by atoms with van der Waals surface area (Å²) in [5, 5.41) is 2.98. The van der Waals surface area contributed by atoms with Gasteiger partial charge in [0.05, 0.1) is 19.8 Å². The topological polar surface area (TPSA) is 71.1 Å². The van der Waals surface area contributed by atoms with E-state index < -0.39 is 0 Å². The molecule has 7 heteroatoms. The van der Waals surface area contributed by atoms with E-state index in [1.54, 1.807) is 0 Å². The molecule has 0 aromatic rings. The second-order valence-corrected chi connectivity index (χ2v) is 8.39. The van der Waals surface area contributed by atoms with Crippen LogP contribution in [-0.4, -0.2) is 87.3 Å². The van der Waals surface area contributed by atoms with Gasteiger partial charge in [0, 0.05) is 40.0 Å². The van der Waals surface area contributed by atoms with Gasteiger partial charge in [-0.15, -0.1) is 0 Å². The van der Waals surface area contributed by atoms with E-state index in [0.29, 0.717) is 39.4 Å². The summed E-state index contributed by atoms with van der Waals surface area (Å²) in [5.41, 5.74) is 0. The van der Waals surface area contributed by atoms with Crippen molar-refractivity contribution in [3.05, 3.63) is 0 Å². The van der Waals surface area contributed by atoms with Crippen LogP contribution in [-0.2, 0) is 19.1 Å². The molecule has 0 unspecified atom stereocenters. The molecule has 0 aromatic heterocycles. The molecule has 184 valence electrons. The van der Waals surface area contributed by atoms with Crippen LogP contribution in [0.3, 0.4) is 0 Å². The van der Waals surface area contributed by atoms with Gasteiger partial charge in [-0.25, -0.2) is 0 Å². The van der Waals surface area contributed by atoms with Crippen LogP contribution in [0.25, 0.3) is 0 Å². The first-order chi connectivity index (χ1) is 15.1. The molecule has 0 spiro atoms. The van der Waals surface area contributed by atoms with Crippen LogP contribution in [0.1, 0.15) is 67.6 Å². The van der Waals surface area contributed by atoms with E-state index in [1.807, 2.05) is 18.7 Å². The minimum Gasteiger partial charge on any atom is -0.379 e. The van der Waals surface area contributed by atoms with Gasteiger partial charge >= 0.3 is 0 Å². The molecule has 2 saturated heterocycles. The van der Waals surface area contributed by atoms with E-state index in [-0.39, 0.29) is 19.2 Å². The number of rotatable bonds is 12. The average Bonchev–Trinajstić information content (AvgIpc) is 2.81. The van der Waals surface area contributed by atoms with Crippen molar-refractivity contribution in [3.8, 4) is 0 Å². The first kappa shape index (κ1) is 27.9. The zero-order chi connectivity index (χ0) is 22.9. The lowest BCUT2D eigenvalue weighted by Gasteiger charge is -2.30. The van der Waals surface area contributed by atoms with Crippen molar-refractivity contribution in [3.63, 3.8) is 0 Å². The third kappa shape index (κ3) is 11.9. The normalized spacial score (nSPS) is 18.4. The fraction of sp³-hybridized carbons (Fsp3) is 0.917. The fourth-order valence-corrected chi connectivity index (χ4v) is 3.97. The van der Waals surface area contributed by atoms with E-state index in [2.05, 4.69) is 24.1 Å². The van der Waals surface area contributed by atoms with Crippen molar-refractivity contribution in [1.82, 2.24) is 15.1 Å². The van der Waals surface area contributed by atoms with E-state index in [9.17, 15) is 9.59 Å². The molecule has 0 bridgehead atoms. The Morgan fingerprint density at radius 1 is 0.935 bits per heavy atom. The van der Waals surface area contributed by atoms with Crippen LogP contribution in [0.4, 0.5) is 0 Å².